The Morgan fingerprint density at radius 1 is 1.06 bits per heavy atom. The van der Waals surface area contributed by atoms with Gasteiger partial charge in [-0.15, -0.1) is 0 Å². The Morgan fingerprint density at radius 3 is 2.00 bits per heavy atom. The van der Waals surface area contributed by atoms with Crippen molar-refractivity contribution in [3.05, 3.63) is 24.3 Å². The standard InChI is InChI=1S/C13H20N2O/c1-5-6-13(16)15(4)12-9-7-11(8-10-12)14(2)3/h7-10H,5-6H2,1-4H3. The second-order valence-electron chi connectivity index (χ2n) is 4.11. The summed E-state index contributed by atoms with van der Waals surface area (Å²) in [5.74, 6) is 0.167. The second-order valence-corrected chi connectivity index (χ2v) is 4.11. The van der Waals surface area contributed by atoms with Gasteiger partial charge in [0.25, 0.3) is 0 Å². The summed E-state index contributed by atoms with van der Waals surface area (Å²) in [6.45, 7) is 2.01. The number of benzene rings is 1. The largest absolute Gasteiger partial charge is 0.378 e. The molecular weight excluding hydrogens is 200 g/mol. The van der Waals surface area contributed by atoms with Crippen molar-refractivity contribution in [3.8, 4) is 0 Å². The lowest BCUT2D eigenvalue weighted by Gasteiger charge is -2.19. The van der Waals surface area contributed by atoms with Gasteiger partial charge >= 0.3 is 0 Å². The number of rotatable bonds is 4. The van der Waals surface area contributed by atoms with Gasteiger partial charge in [-0.1, -0.05) is 6.92 Å². The molecule has 0 heterocycles. The highest BCUT2D eigenvalue weighted by Crippen LogP contribution is 2.19. The van der Waals surface area contributed by atoms with E-state index in [0.717, 1.165) is 17.8 Å². The van der Waals surface area contributed by atoms with Gasteiger partial charge in [-0.05, 0) is 30.7 Å². The zero-order valence-electron chi connectivity index (χ0n) is 10.5. The van der Waals surface area contributed by atoms with Crippen molar-refractivity contribution in [2.75, 3.05) is 30.9 Å². The zero-order chi connectivity index (χ0) is 12.1. The lowest BCUT2D eigenvalue weighted by atomic mass is 10.2. The van der Waals surface area contributed by atoms with E-state index in [2.05, 4.69) is 0 Å². The third-order valence-corrected chi connectivity index (χ3v) is 2.59. The third-order valence-electron chi connectivity index (χ3n) is 2.59. The van der Waals surface area contributed by atoms with Crippen molar-refractivity contribution in [1.29, 1.82) is 0 Å². The number of hydrogen-bond donors (Lipinski definition) is 0. The normalized spacial score (nSPS) is 10.0. The molecule has 0 bridgehead atoms. The lowest BCUT2D eigenvalue weighted by Crippen LogP contribution is -2.25. The van der Waals surface area contributed by atoms with Crippen LogP contribution in [0.4, 0.5) is 11.4 Å². The fraction of sp³-hybridized carbons (Fsp3) is 0.462. The topological polar surface area (TPSA) is 23.6 Å². The van der Waals surface area contributed by atoms with E-state index in [4.69, 9.17) is 0 Å². The fourth-order valence-electron chi connectivity index (χ4n) is 1.50. The van der Waals surface area contributed by atoms with Gasteiger partial charge in [0.1, 0.15) is 0 Å². The van der Waals surface area contributed by atoms with Gasteiger partial charge in [0.2, 0.25) is 5.91 Å². The number of anilines is 2. The summed E-state index contributed by atoms with van der Waals surface area (Å²) < 4.78 is 0. The molecule has 0 N–H and O–H groups in total. The monoisotopic (exact) mass is 220 g/mol. The molecule has 1 amide bonds. The highest BCUT2D eigenvalue weighted by Gasteiger charge is 2.09. The molecule has 3 heteroatoms. The van der Waals surface area contributed by atoms with Gasteiger partial charge in [-0.25, -0.2) is 0 Å². The minimum absolute atomic E-state index is 0.167. The number of carbonyl (C=O) groups is 1. The van der Waals surface area contributed by atoms with Gasteiger partial charge in [-0.2, -0.15) is 0 Å². The van der Waals surface area contributed by atoms with Crippen LogP contribution in [-0.2, 0) is 4.79 Å². The molecule has 88 valence electrons. The number of carbonyl (C=O) groups excluding carboxylic acids is 1. The molecule has 0 aromatic heterocycles. The van der Waals surface area contributed by atoms with Crippen molar-refractivity contribution >= 4 is 17.3 Å². The van der Waals surface area contributed by atoms with Crippen molar-refractivity contribution < 1.29 is 4.79 Å². The Balaban J connectivity index is 2.77. The third kappa shape index (κ3) is 2.99. The maximum Gasteiger partial charge on any atom is 0.226 e. The summed E-state index contributed by atoms with van der Waals surface area (Å²) in [5, 5.41) is 0. The smallest absolute Gasteiger partial charge is 0.226 e. The summed E-state index contributed by atoms with van der Waals surface area (Å²) in [6.07, 6.45) is 1.49. The molecule has 0 aliphatic rings. The minimum atomic E-state index is 0.167. The Kier molecular flexibility index (Phi) is 4.35. The van der Waals surface area contributed by atoms with Crippen molar-refractivity contribution in [2.45, 2.75) is 19.8 Å². The van der Waals surface area contributed by atoms with Crippen LogP contribution < -0.4 is 9.80 Å². The quantitative estimate of drug-likeness (QED) is 0.778. The van der Waals surface area contributed by atoms with Crippen LogP contribution in [0.1, 0.15) is 19.8 Å². The SMILES string of the molecule is CCCC(=O)N(C)c1ccc(N(C)C)cc1. The molecule has 0 unspecified atom stereocenters. The predicted octanol–water partition coefficient (Wildman–Crippen LogP) is 2.52. The van der Waals surface area contributed by atoms with Crippen LogP contribution >= 0.6 is 0 Å². The molecule has 0 saturated heterocycles. The first-order valence-corrected chi connectivity index (χ1v) is 5.60. The van der Waals surface area contributed by atoms with Crippen LogP contribution in [0.15, 0.2) is 24.3 Å². The van der Waals surface area contributed by atoms with E-state index < -0.39 is 0 Å². The van der Waals surface area contributed by atoms with E-state index in [1.54, 1.807) is 4.90 Å². The average Bonchev–Trinajstić information content (AvgIpc) is 2.28. The molecule has 0 atom stereocenters. The van der Waals surface area contributed by atoms with E-state index in [9.17, 15) is 4.79 Å². The summed E-state index contributed by atoms with van der Waals surface area (Å²) in [7, 11) is 5.82. The second kappa shape index (κ2) is 5.54. The van der Waals surface area contributed by atoms with E-state index in [-0.39, 0.29) is 5.91 Å². The average molecular weight is 220 g/mol. The molecule has 0 aliphatic carbocycles. The van der Waals surface area contributed by atoms with Gasteiger partial charge < -0.3 is 9.80 Å². The highest BCUT2D eigenvalue weighted by atomic mass is 16.2. The molecule has 3 nitrogen and oxygen atoms in total. The van der Waals surface area contributed by atoms with E-state index >= 15 is 0 Å². The predicted molar refractivity (Wildman–Crippen MR) is 69.1 cm³/mol. The first kappa shape index (κ1) is 12.6. The molecule has 1 aromatic rings. The van der Waals surface area contributed by atoms with Crippen molar-refractivity contribution in [3.63, 3.8) is 0 Å². The first-order chi connectivity index (χ1) is 7.56. The van der Waals surface area contributed by atoms with Crippen LogP contribution in [0.5, 0.6) is 0 Å². The molecular formula is C13H20N2O. The maximum atomic E-state index is 11.7. The Labute approximate surface area is 97.7 Å². The summed E-state index contributed by atoms with van der Waals surface area (Å²) >= 11 is 0. The fourth-order valence-corrected chi connectivity index (χ4v) is 1.50. The highest BCUT2D eigenvalue weighted by molar-refractivity contribution is 5.92. The van der Waals surface area contributed by atoms with Crippen LogP contribution in [-0.4, -0.2) is 27.1 Å². The Morgan fingerprint density at radius 2 is 1.56 bits per heavy atom. The van der Waals surface area contributed by atoms with Gasteiger partial charge in [0.15, 0.2) is 0 Å². The van der Waals surface area contributed by atoms with E-state index in [0.29, 0.717) is 6.42 Å². The number of hydrogen-bond acceptors (Lipinski definition) is 2. The first-order valence-electron chi connectivity index (χ1n) is 5.60. The Hall–Kier alpha value is -1.51. The van der Waals surface area contributed by atoms with Gasteiger partial charge in [0, 0.05) is 38.9 Å². The molecule has 16 heavy (non-hydrogen) atoms. The van der Waals surface area contributed by atoms with Crippen molar-refractivity contribution in [2.24, 2.45) is 0 Å². The van der Waals surface area contributed by atoms with Gasteiger partial charge in [-0.3, -0.25) is 4.79 Å². The molecule has 1 aromatic carbocycles. The van der Waals surface area contributed by atoms with E-state index in [1.165, 1.54) is 0 Å². The zero-order valence-corrected chi connectivity index (χ0v) is 10.5. The minimum Gasteiger partial charge on any atom is -0.378 e. The van der Waals surface area contributed by atoms with Crippen LogP contribution in [0.3, 0.4) is 0 Å². The summed E-state index contributed by atoms with van der Waals surface area (Å²) in [6, 6.07) is 7.99. The molecule has 0 spiro atoms. The number of amides is 1. The maximum absolute atomic E-state index is 11.7. The van der Waals surface area contributed by atoms with Crippen LogP contribution in [0.25, 0.3) is 0 Å². The molecule has 0 fully saturated rings. The van der Waals surface area contributed by atoms with Crippen molar-refractivity contribution in [1.82, 2.24) is 0 Å². The molecule has 0 aliphatic heterocycles. The number of nitrogens with zero attached hydrogens (tertiary/aromatic N) is 2. The molecule has 1 rings (SSSR count). The van der Waals surface area contributed by atoms with Crippen LogP contribution in [0.2, 0.25) is 0 Å². The Bertz CT molecular complexity index is 343. The van der Waals surface area contributed by atoms with Gasteiger partial charge in [0.05, 0.1) is 0 Å². The molecule has 0 radical (unpaired) electrons. The van der Waals surface area contributed by atoms with E-state index in [1.807, 2.05) is 57.2 Å². The lowest BCUT2D eigenvalue weighted by molar-refractivity contribution is -0.118. The molecule has 0 saturated carbocycles. The summed E-state index contributed by atoms with van der Waals surface area (Å²) in [5.41, 5.74) is 2.09. The summed E-state index contributed by atoms with van der Waals surface area (Å²) in [4.78, 5) is 15.4. The van der Waals surface area contributed by atoms with Crippen LogP contribution in [0, 0.1) is 0 Å².